The predicted octanol–water partition coefficient (Wildman–Crippen LogP) is 6.47. The van der Waals surface area contributed by atoms with E-state index in [0.29, 0.717) is 17.7 Å². The molecule has 0 saturated carbocycles. The number of rotatable bonds is 5. The van der Waals surface area contributed by atoms with Gasteiger partial charge in [-0.25, -0.2) is 0 Å². The monoisotopic (exact) mass is 490 g/mol. The van der Waals surface area contributed by atoms with E-state index in [4.69, 9.17) is 0 Å². The van der Waals surface area contributed by atoms with Crippen molar-refractivity contribution in [1.82, 2.24) is 14.9 Å². The summed E-state index contributed by atoms with van der Waals surface area (Å²) in [6.07, 6.45) is 2.71. The molecule has 1 aliphatic heterocycles. The molecule has 8 heteroatoms. The first-order valence-electron chi connectivity index (χ1n) is 11.8. The molecule has 3 heterocycles. The van der Waals surface area contributed by atoms with Crippen LogP contribution < -0.4 is 5.32 Å². The lowest BCUT2D eigenvalue weighted by Crippen LogP contribution is -2.19. The summed E-state index contributed by atoms with van der Waals surface area (Å²) in [5.74, 6) is -0.483. The number of amides is 1. The zero-order valence-corrected chi connectivity index (χ0v) is 19.8. The van der Waals surface area contributed by atoms with Gasteiger partial charge in [0.1, 0.15) is 0 Å². The van der Waals surface area contributed by atoms with E-state index >= 15 is 0 Å². The Balaban J connectivity index is 1.46. The quantitative estimate of drug-likeness (QED) is 0.348. The summed E-state index contributed by atoms with van der Waals surface area (Å²) < 4.78 is 40.8. The van der Waals surface area contributed by atoms with Gasteiger partial charge in [0.15, 0.2) is 0 Å². The Morgan fingerprint density at radius 1 is 1.03 bits per heavy atom. The lowest BCUT2D eigenvalue weighted by atomic mass is 9.97. The second-order valence-electron chi connectivity index (χ2n) is 9.15. The van der Waals surface area contributed by atoms with Gasteiger partial charge in [-0.15, -0.1) is 0 Å². The van der Waals surface area contributed by atoms with E-state index in [-0.39, 0.29) is 5.69 Å². The van der Waals surface area contributed by atoms with Gasteiger partial charge < -0.3 is 5.32 Å². The Morgan fingerprint density at radius 2 is 1.83 bits per heavy atom. The van der Waals surface area contributed by atoms with Crippen molar-refractivity contribution < 1.29 is 18.0 Å². The van der Waals surface area contributed by atoms with E-state index in [1.807, 2.05) is 25.1 Å². The first-order chi connectivity index (χ1) is 17.3. The van der Waals surface area contributed by atoms with Crippen LogP contribution in [-0.4, -0.2) is 33.9 Å². The standard InChI is InChI=1S/C28H25F3N4O/c1-18-6-7-20(13-24(18)25-16-32-15-21-5-4-8-33-26(21)25)27(36)34-23-12-19(17-35-9-2-3-10-35)11-22(14-23)28(29,30)31/h4-8,11-16H,2-3,9-10,17H2,1H3,(H,34,36). The smallest absolute Gasteiger partial charge is 0.322 e. The maximum atomic E-state index is 13.6. The van der Waals surface area contributed by atoms with Gasteiger partial charge in [-0.05, 0) is 92.0 Å². The highest BCUT2D eigenvalue weighted by Crippen LogP contribution is 2.33. The number of likely N-dealkylation sites (tertiary alicyclic amines) is 1. The minimum Gasteiger partial charge on any atom is -0.322 e. The summed E-state index contributed by atoms with van der Waals surface area (Å²) >= 11 is 0. The minimum atomic E-state index is -4.51. The number of alkyl halides is 3. The molecule has 4 aromatic rings. The van der Waals surface area contributed by atoms with Gasteiger partial charge in [-0.1, -0.05) is 6.07 Å². The van der Waals surface area contributed by atoms with Gasteiger partial charge in [0.2, 0.25) is 0 Å². The molecule has 1 N–H and O–H groups in total. The Morgan fingerprint density at radius 3 is 2.61 bits per heavy atom. The Kier molecular flexibility index (Phi) is 6.45. The summed E-state index contributed by atoms with van der Waals surface area (Å²) in [6.45, 7) is 4.07. The molecule has 0 unspecified atom stereocenters. The first-order valence-corrected chi connectivity index (χ1v) is 11.8. The zero-order chi connectivity index (χ0) is 25.3. The van der Waals surface area contributed by atoms with Gasteiger partial charge in [0.25, 0.3) is 5.91 Å². The van der Waals surface area contributed by atoms with Crippen LogP contribution in [0, 0.1) is 6.92 Å². The predicted molar refractivity (Wildman–Crippen MR) is 134 cm³/mol. The van der Waals surface area contributed by atoms with Crippen molar-refractivity contribution in [1.29, 1.82) is 0 Å². The molecular formula is C28H25F3N4O. The largest absolute Gasteiger partial charge is 0.416 e. The lowest BCUT2D eigenvalue weighted by Gasteiger charge is -2.18. The number of halogens is 3. The third-order valence-corrected chi connectivity index (χ3v) is 6.48. The topological polar surface area (TPSA) is 58.1 Å². The van der Waals surface area contributed by atoms with Gasteiger partial charge in [-0.3, -0.25) is 19.7 Å². The molecule has 5 nitrogen and oxygen atoms in total. The first kappa shape index (κ1) is 23.9. The van der Waals surface area contributed by atoms with E-state index in [1.165, 1.54) is 6.07 Å². The van der Waals surface area contributed by atoms with Gasteiger partial charge in [0, 0.05) is 47.3 Å². The summed E-state index contributed by atoms with van der Waals surface area (Å²) in [5.41, 5.74) is 3.48. The second kappa shape index (κ2) is 9.70. The zero-order valence-electron chi connectivity index (χ0n) is 19.8. The van der Waals surface area contributed by atoms with Crippen LogP contribution in [0.1, 0.15) is 39.9 Å². The molecule has 36 heavy (non-hydrogen) atoms. The van der Waals surface area contributed by atoms with Crippen LogP contribution in [0.4, 0.5) is 18.9 Å². The highest BCUT2D eigenvalue weighted by molar-refractivity contribution is 6.06. The van der Waals surface area contributed by atoms with Crippen LogP contribution in [0.25, 0.3) is 22.0 Å². The van der Waals surface area contributed by atoms with Crippen LogP contribution in [0.3, 0.4) is 0 Å². The van der Waals surface area contributed by atoms with E-state index in [0.717, 1.165) is 59.6 Å². The van der Waals surface area contributed by atoms with Crippen LogP contribution >= 0.6 is 0 Å². The minimum absolute atomic E-state index is 0.125. The highest BCUT2D eigenvalue weighted by Gasteiger charge is 2.31. The fraction of sp³-hybridized carbons (Fsp3) is 0.250. The third kappa shape index (κ3) is 5.09. The number of hydrogen-bond donors (Lipinski definition) is 1. The van der Waals surface area contributed by atoms with E-state index in [2.05, 4.69) is 20.2 Å². The van der Waals surface area contributed by atoms with Crippen LogP contribution in [0.15, 0.2) is 67.1 Å². The van der Waals surface area contributed by atoms with Crippen molar-refractivity contribution in [2.45, 2.75) is 32.5 Å². The molecule has 184 valence electrons. The molecule has 0 bridgehead atoms. The molecule has 1 saturated heterocycles. The summed E-state index contributed by atoms with van der Waals surface area (Å²) in [5, 5.41) is 3.56. The van der Waals surface area contributed by atoms with Crippen LogP contribution in [0.5, 0.6) is 0 Å². The number of fused-ring (bicyclic) bond motifs is 1. The number of pyridine rings is 2. The summed E-state index contributed by atoms with van der Waals surface area (Å²) in [6, 6.07) is 12.7. The van der Waals surface area contributed by atoms with Crippen molar-refractivity contribution in [3.63, 3.8) is 0 Å². The van der Waals surface area contributed by atoms with Crippen molar-refractivity contribution >= 4 is 22.5 Å². The SMILES string of the molecule is Cc1ccc(C(=O)Nc2cc(CN3CCCC3)cc(C(F)(F)F)c2)cc1-c1cncc2cccnc12. The van der Waals surface area contributed by atoms with Crippen molar-refractivity contribution in [3.05, 3.63) is 89.4 Å². The van der Waals surface area contributed by atoms with Gasteiger partial charge in [0.05, 0.1) is 11.1 Å². The number of anilines is 1. The van der Waals surface area contributed by atoms with Gasteiger partial charge in [-0.2, -0.15) is 13.2 Å². The fourth-order valence-corrected chi connectivity index (χ4v) is 4.67. The number of aromatic nitrogens is 2. The van der Waals surface area contributed by atoms with E-state index in [1.54, 1.807) is 36.8 Å². The number of benzene rings is 2. The molecule has 2 aromatic heterocycles. The molecule has 0 atom stereocenters. The molecule has 1 fully saturated rings. The maximum Gasteiger partial charge on any atom is 0.416 e. The van der Waals surface area contributed by atoms with Gasteiger partial charge >= 0.3 is 6.18 Å². The number of carbonyl (C=O) groups is 1. The molecule has 0 spiro atoms. The molecule has 0 radical (unpaired) electrons. The average molecular weight is 491 g/mol. The molecular weight excluding hydrogens is 465 g/mol. The van der Waals surface area contributed by atoms with Crippen LogP contribution in [0.2, 0.25) is 0 Å². The summed E-state index contributed by atoms with van der Waals surface area (Å²) in [4.78, 5) is 24.1. The maximum absolute atomic E-state index is 13.6. The van der Waals surface area contributed by atoms with Crippen molar-refractivity contribution in [2.24, 2.45) is 0 Å². The number of carbonyl (C=O) groups excluding carboxylic acids is 1. The second-order valence-corrected chi connectivity index (χ2v) is 9.15. The Hall–Kier alpha value is -3.78. The number of nitrogens with zero attached hydrogens (tertiary/aromatic N) is 3. The summed E-state index contributed by atoms with van der Waals surface area (Å²) in [7, 11) is 0. The highest BCUT2D eigenvalue weighted by atomic mass is 19.4. The van der Waals surface area contributed by atoms with E-state index < -0.39 is 17.6 Å². The molecule has 2 aromatic carbocycles. The molecule has 1 aliphatic rings. The Bertz CT molecular complexity index is 1420. The van der Waals surface area contributed by atoms with Crippen molar-refractivity contribution in [2.75, 3.05) is 18.4 Å². The van der Waals surface area contributed by atoms with Crippen LogP contribution in [-0.2, 0) is 12.7 Å². The lowest BCUT2D eigenvalue weighted by molar-refractivity contribution is -0.137. The van der Waals surface area contributed by atoms with E-state index in [9.17, 15) is 18.0 Å². The third-order valence-electron chi connectivity index (χ3n) is 6.48. The Labute approximate surface area is 207 Å². The van der Waals surface area contributed by atoms with Crippen molar-refractivity contribution in [3.8, 4) is 11.1 Å². The average Bonchev–Trinajstić information content (AvgIpc) is 3.36. The molecule has 1 amide bonds. The molecule has 0 aliphatic carbocycles. The number of hydrogen-bond acceptors (Lipinski definition) is 4. The fourth-order valence-electron chi connectivity index (χ4n) is 4.67. The normalized spacial score (nSPS) is 14.3. The molecule has 5 rings (SSSR count). The number of nitrogens with one attached hydrogen (secondary N) is 1. The number of aryl methyl sites for hydroxylation is 1.